The number of sulfone groups is 1. The molecule has 0 aliphatic heterocycles. The number of aliphatic imine (C=N–C) groups is 1. The maximum absolute atomic E-state index is 13.7. The molecule has 0 amide bonds. The number of aryl methyl sites for hydroxylation is 1. The second-order valence-corrected chi connectivity index (χ2v) is 7.64. The number of nitrogens with one attached hydrogen (secondary N) is 2. The smallest absolute Gasteiger partial charge is 0.191 e. The van der Waals surface area contributed by atoms with Crippen LogP contribution in [0.5, 0.6) is 0 Å². The predicted molar refractivity (Wildman–Crippen MR) is 110 cm³/mol. The van der Waals surface area contributed by atoms with E-state index in [-0.39, 0.29) is 47.2 Å². The van der Waals surface area contributed by atoms with Gasteiger partial charge in [0.15, 0.2) is 15.8 Å². The van der Waals surface area contributed by atoms with Crippen molar-refractivity contribution in [1.29, 1.82) is 0 Å². The summed E-state index contributed by atoms with van der Waals surface area (Å²) in [5, 5.41) is 6.03. The van der Waals surface area contributed by atoms with Gasteiger partial charge >= 0.3 is 0 Å². The van der Waals surface area contributed by atoms with Gasteiger partial charge < -0.3 is 15.1 Å². The molecule has 1 atom stereocenters. The van der Waals surface area contributed by atoms with Gasteiger partial charge in [-0.1, -0.05) is 12.1 Å². The van der Waals surface area contributed by atoms with Crippen molar-refractivity contribution >= 4 is 39.8 Å². The van der Waals surface area contributed by atoms with E-state index < -0.39 is 15.7 Å². The lowest BCUT2D eigenvalue weighted by atomic mass is 10.2. The Hall–Kier alpha value is -1.62. The summed E-state index contributed by atoms with van der Waals surface area (Å²) in [5.74, 6) is 1.00. The van der Waals surface area contributed by atoms with Crippen LogP contribution in [0.25, 0.3) is 0 Å². The molecular weight excluding hydrogens is 472 g/mol. The first-order valence-electron chi connectivity index (χ1n) is 7.84. The van der Waals surface area contributed by atoms with Crippen molar-refractivity contribution in [2.75, 3.05) is 19.3 Å². The molecule has 1 aromatic heterocycles. The SMILES string of the molecule is CN=C(NCCS(=O)(=O)c1ccccc1F)NC(C)c1ccc(C)o1.I. The van der Waals surface area contributed by atoms with E-state index in [1.807, 2.05) is 26.0 Å². The van der Waals surface area contributed by atoms with Gasteiger partial charge in [0.1, 0.15) is 22.2 Å². The number of furan rings is 1. The summed E-state index contributed by atoms with van der Waals surface area (Å²) in [5.41, 5.74) is 0. The lowest BCUT2D eigenvalue weighted by Gasteiger charge is -2.16. The van der Waals surface area contributed by atoms with Gasteiger partial charge in [0.25, 0.3) is 0 Å². The normalized spacial score (nSPS) is 13.0. The van der Waals surface area contributed by atoms with E-state index in [0.29, 0.717) is 5.96 Å². The Bertz CT molecular complexity index is 852. The van der Waals surface area contributed by atoms with Crippen LogP contribution in [0.4, 0.5) is 4.39 Å². The first kappa shape index (κ1) is 22.4. The average Bonchev–Trinajstić information content (AvgIpc) is 3.00. The fraction of sp³-hybridized carbons (Fsp3) is 0.353. The van der Waals surface area contributed by atoms with Gasteiger partial charge in [0, 0.05) is 13.6 Å². The monoisotopic (exact) mass is 495 g/mol. The van der Waals surface area contributed by atoms with Gasteiger partial charge in [-0.25, -0.2) is 12.8 Å². The van der Waals surface area contributed by atoms with Gasteiger partial charge in [0.2, 0.25) is 0 Å². The van der Waals surface area contributed by atoms with Crippen molar-refractivity contribution in [2.24, 2.45) is 4.99 Å². The number of hydrogen-bond acceptors (Lipinski definition) is 4. The second kappa shape index (κ2) is 9.91. The Kier molecular flexibility index (Phi) is 8.54. The van der Waals surface area contributed by atoms with Crippen LogP contribution < -0.4 is 10.6 Å². The zero-order valence-corrected chi connectivity index (χ0v) is 18.0. The van der Waals surface area contributed by atoms with Crippen LogP contribution in [-0.2, 0) is 9.84 Å². The Morgan fingerprint density at radius 1 is 1.27 bits per heavy atom. The Morgan fingerprint density at radius 2 is 1.96 bits per heavy atom. The second-order valence-electron chi connectivity index (χ2n) is 5.56. The van der Waals surface area contributed by atoms with Crippen LogP contribution in [0, 0.1) is 12.7 Å². The third kappa shape index (κ3) is 5.97. The Labute approximate surface area is 170 Å². The minimum atomic E-state index is -3.71. The molecule has 144 valence electrons. The highest BCUT2D eigenvalue weighted by molar-refractivity contribution is 14.0. The van der Waals surface area contributed by atoms with Crippen molar-refractivity contribution in [2.45, 2.75) is 24.8 Å². The zero-order chi connectivity index (χ0) is 18.4. The minimum absolute atomic E-state index is 0. The Balaban J connectivity index is 0.00000338. The molecule has 2 aromatic rings. The predicted octanol–water partition coefficient (Wildman–Crippen LogP) is 3.05. The van der Waals surface area contributed by atoms with Gasteiger partial charge in [0.05, 0.1) is 11.8 Å². The molecular formula is C17H23FIN3O3S. The molecule has 0 fully saturated rings. The summed E-state index contributed by atoms with van der Waals surface area (Å²) in [7, 11) is -2.13. The van der Waals surface area contributed by atoms with Crippen molar-refractivity contribution in [3.05, 3.63) is 53.7 Å². The van der Waals surface area contributed by atoms with E-state index in [9.17, 15) is 12.8 Å². The number of rotatable bonds is 6. The summed E-state index contributed by atoms with van der Waals surface area (Å²) in [6, 6.07) is 8.94. The van der Waals surface area contributed by atoms with E-state index in [4.69, 9.17) is 4.42 Å². The third-order valence-electron chi connectivity index (χ3n) is 3.60. The van der Waals surface area contributed by atoms with E-state index >= 15 is 0 Å². The number of halogens is 2. The number of guanidine groups is 1. The molecule has 2 N–H and O–H groups in total. The highest BCUT2D eigenvalue weighted by atomic mass is 127. The van der Waals surface area contributed by atoms with Gasteiger partial charge in [-0.05, 0) is 38.1 Å². The van der Waals surface area contributed by atoms with E-state index in [1.54, 1.807) is 7.05 Å². The molecule has 6 nitrogen and oxygen atoms in total. The van der Waals surface area contributed by atoms with E-state index in [1.165, 1.54) is 18.2 Å². The molecule has 1 aromatic carbocycles. The molecule has 26 heavy (non-hydrogen) atoms. The number of nitrogens with zero attached hydrogens (tertiary/aromatic N) is 1. The summed E-state index contributed by atoms with van der Waals surface area (Å²) in [6.07, 6.45) is 0. The van der Waals surface area contributed by atoms with Crippen molar-refractivity contribution < 1.29 is 17.2 Å². The molecule has 0 aliphatic rings. The maximum atomic E-state index is 13.7. The molecule has 1 heterocycles. The fourth-order valence-corrected chi connectivity index (χ4v) is 3.51. The van der Waals surface area contributed by atoms with Crippen molar-refractivity contribution in [3.8, 4) is 0 Å². The minimum Gasteiger partial charge on any atom is -0.464 e. The van der Waals surface area contributed by atoms with Crippen LogP contribution in [0.15, 0.2) is 50.7 Å². The maximum Gasteiger partial charge on any atom is 0.191 e. The van der Waals surface area contributed by atoms with Crippen molar-refractivity contribution in [1.82, 2.24) is 10.6 Å². The van der Waals surface area contributed by atoms with Crippen LogP contribution in [0.2, 0.25) is 0 Å². The molecule has 0 bridgehead atoms. The molecule has 0 radical (unpaired) electrons. The molecule has 0 spiro atoms. The summed E-state index contributed by atoms with van der Waals surface area (Å²) < 4.78 is 43.6. The lowest BCUT2D eigenvalue weighted by molar-refractivity contribution is 0.441. The van der Waals surface area contributed by atoms with Gasteiger partial charge in [-0.3, -0.25) is 4.99 Å². The van der Waals surface area contributed by atoms with Crippen LogP contribution in [0.3, 0.4) is 0 Å². The van der Waals surface area contributed by atoms with Crippen LogP contribution >= 0.6 is 24.0 Å². The summed E-state index contributed by atoms with van der Waals surface area (Å²) in [6.45, 7) is 3.86. The average molecular weight is 495 g/mol. The molecule has 1 unspecified atom stereocenters. The molecule has 9 heteroatoms. The van der Waals surface area contributed by atoms with Crippen LogP contribution in [0.1, 0.15) is 24.5 Å². The topological polar surface area (TPSA) is 83.7 Å². The zero-order valence-electron chi connectivity index (χ0n) is 14.8. The molecule has 2 rings (SSSR count). The Morgan fingerprint density at radius 3 is 2.54 bits per heavy atom. The largest absolute Gasteiger partial charge is 0.464 e. The first-order chi connectivity index (χ1) is 11.8. The molecule has 0 saturated carbocycles. The van der Waals surface area contributed by atoms with Crippen LogP contribution in [-0.4, -0.2) is 33.7 Å². The van der Waals surface area contributed by atoms with Gasteiger partial charge in [-0.2, -0.15) is 0 Å². The highest BCUT2D eigenvalue weighted by Gasteiger charge is 2.19. The summed E-state index contributed by atoms with van der Waals surface area (Å²) >= 11 is 0. The lowest BCUT2D eigenvalue weighted by Crippen LogP contribution is -2.40. The quantitative estimate of drug-likeness (QED) is 0.366. The molecule has 0 aliphatic carbocycles. The first-order valence-corrected chi connectivity index (χ1v) is 9.49. The van der Waals surface area contributed by atoms with E-state index in [2.05, 4.69) is 15.6 Å². The summed E-state index contributed by atoms with van der Waals surface area (Å²) in [4.78, 5) is 3.76. The number of benzene rings is 1. The van der Waals surface area contributed by atoms with Crippen molar-refractivity contribution in [3.63, 3.8) is 0 Å². The third-order valence-corrected chi connectivity index (χ3v) is 5.34. The molecule has 0 saturated heterocycles. The van der Waals surface area contributed by atoms with E-state index in [0.717, 1.165) is 17.6 Å². The highest BCUT2D eigenvalue weighted by Crippen LogP contribution is 2.16. The fourth-order valence-electron chi connectivity index (χ4n) is 2.27. The number of hydrogen-bond donors (Lipinski definition) is 2. The van der Waals surface area contributed by atoms with Gasteiger partial charge in [-0.15, -0.1) is 24.0 Å². The standard InChI is InChI=1S/C17H22FN3O3S.HI/c1-12-8-9-15(24-12)13(2)21-17(19-3)20-10-11-25(22,23)16-7-5-4-6-14(16)18;/h4-9,13H,10-11H2,1-3H3,(H2,19,20,21);1H.